The lowest BCUT2D eigenvalue weighted by atomic mass is 9.78. The van der Waals surface area contributed by atoms with Crippen LogP contribution in [0.5, 0.6) is 0 Å². The Balaban J connectivity index is 2.16. The first kappa shape index (κ1) is 7.56. The summed E-state index contributed by atoms with van der Waals surface area (Å²) in [6, 6.07) is 1.50. The van der Waals surface area contributed by atoms with E-state index >= 15 is 0 Å². The summed E-state index contributed by atoms with van der Waals surface area (Å²) >= 11 is 0. The van der Waals surface area contributed by atoms with Gasteiger partial charge in [0.2, 0.25) is 0 Å². The Morgan fingerprint density at radius 2 is 2.27 bits per heavy atom. The molecule has 64 valence electrons. The molecular weight excluding hydrogens is 136 g/mol. The molecular formula is C9H18N2. The summed E-state index contributed by atoms with van der Waals surface area (Å²) in [6.45, 7) is 7.10. The molecule has 0 spiro atoms. The maximum absolute atomic E-state index is 3.59. The average molecular weight is 154 g/mol. The van der Waals surface area contributed by atoms with Gasteiger partial charge in [-0.05, 0) is 19.4 Å². The molecule has 2 heteroatoms. The van der Waals surface area contributed by atoms with Gasteiger partial charge in [-0.3, -0.25) is 0 Å². The molecule has 0 aliphatic carbocycles. The Morgan fingerprint density at radius 1 is 1.45 bits per heavy atom. The van der Waals surface area contributed by atoms with Gasteiger partial charge in [0, 0.05) is 24.0 Å². The van der Waals surface area contributed by atoms with Crippen LogP contribution in [0.2, 0.25) is 0 Å². The maximum Gasteiger partial charge on any atom is 0.0261 e. The van der Waals surface area contributed by atoms with Crippen molar-refractivity contribution in [3.63, 3.8) is 0 Å². The van der Waals surface area contributed by atoms with Crippen LogP contribution in [0.3, 0.4) is 0 Å². The Bertz CT molecular complexity index is 158. The molecule has 3 atom stereocenters. The fourth-order valence-corrected chi connectivity index (χ4v) is 2.75. The Hall–Kier alpha value is -0.0800. The summed E-state index contributed by atoms with van der Waals surface area (Å²) in [4.78, 5) is 0. The minimum atomic E-state index is 0.550. The zero-order chi connectivity index (χ0) is 7.90. The van der Waals surface area contributed by atoms with Crippen molar-refractivity contribution < 1.29 is 0 Å². The second kappa shape index (κ2) is 2.46. The topological polar surface area (TPSA) is 24.1 Å². The molecule has 0 aromatic rings. The lowest BCUT2D eigenvalue weighted by molar-refractivity contribution is 0.268. The third kappa shape index (κ3) is 0.926. The normalized spacial score (nSPS) is 49.6. The molecule has 2 rings (SSSR count). The number of fused-ring (bicyclic) bond motifs is 1. The van der Waals surface area contributed by atoms with Crippen LogP contribution < -0.4 is 10.6 Å². The van der Waals surface area contributed by atoms with Crippen LogP contribution in [0.25, 0.3) is 0 Å². The van der Waals surface area contributed by atoms with E-state index in [4.69, 9.17) is 0 Å². The van der Waals surface area contributed by atoms with Crippen molar-refractivity contribution in [1.29, 1.82) is 0 Å². The number of nitrogens with one attached hydrogen (secondary N) is 2. The summed E-state index contributed by atoms with van der Waals surface area (Å²) in [5.41, 5.74) is 0.550. The maximum atomic E-state index is 3.59. The van der Waals surface area contributed by atoms with Gasteiger partial charge in [-0.2, -0.15) is 0 Å². The summed E-state index contributed by atoms with van der Waals surface area (Å²) in [6.07, 6.45) is 2.62. The second-order valence-corrected chi connectivity index (χ2v) is 4.13. The van der Waals surface area contributed by atoms with E-state index in [1.165, 1.54) is 25.9 Å². The predicted octanol–water partition coefficient (Wildman–Crippen LogP) is 0.736. The molecule has 0 amide bonds. The monoisotopic (exact) mass is 154 g/mol. The third-order valence-electron chi connectivity index (χ3n) is 3.62. The first-order chi connectivity index (χ1) is 5.27. The minimum Gasteiger partial charge on any atom is -0.312 e. The summed E-state index contributed by atoms with van der Waals surface area (Å²) in [5, 5.41) is 7.15. The quantitative estimate of drug-likeness (QED) is 0.582. The first-order valence-electron chi connectivity index (χ1n) is 4.74. The van der Waals surface area contributed by atoms with Crippen LogP contribution in [-0.2, 0) is 0 Å². The van der Waals surface area contributed by atoms with E-state index in [1.54, 1.807) is 0 Å². The molecule has 11 heavy (non-hydrogen) atoms. The predicted molar refractivity (Wildman–Crippen MR) is 46.6 cm³/mol. The molecule has 2 aliphatic heterocycles. The zero-order valence-corrected chi connectivity index (χ0v) is 7.48. The van der Waals surface area contributed by atoms with Gasteiger partial charge in [-0.25, -0.2) is 0 Å². The van der Waals surface area contributed by atoms with E-state index in [1.807, 2.05) is 0 Å². The van der Waals surface area contributed by atoms with Crippen molar-refractivity contribution in [2.45, 2.75) is 38.8 Å². The van der Waals surface area contributed by atoms with Crippen molar-refractivity contribution in [2.75, 3.05) is 13.1 Å². The van der Waals surface area contributed by atoms with E-state index in [0.29, 0.717) is 5.41 Å². The minimum absolute atomic E-state index is 0.550. The van der Waals surface area contributed by atoms with Gasteiger partial charge in [0.15, 0.2) is 0 Å². The molecule has 2 aliphatic rings. The smallest absolute Gasteiger partial charge is 0.0261 e. The zero-order valence-electron chi connectivity index (χ0n) is 7.48. The highest BCUT2D eigenvalue weighted by molar-refractivity contribution is 5.07. The lowest BCUT2D eigenvalue weighted by Gasteiger charge is -2.29. The van der Waals surface area contributed by atoms with Crippen molar-refractivity contribution >= 4 is 0 Å². The van der Waals surface area contributed by atoms with Crippen molar-refractivity contribution in [1.82, 2.24) is 10.6 Å². The molecule has 2 heterocycles. The standard InChI is InChI=1S/C9H18N2/c1-3-7-9(2)4-5-10-8(9)6-11-7/h7-8,10-11H,3-6H2,1-2H3. The van der Waals surface area contributed by atoms with Crippen LogP contribution in [-0.4, -0.2) is 25.2 Å². The van der Waals surface area contributed by atoms with Crippen molar-refractivity contribution in [2.24, 2.45) is 5.41 Å². The third-order valence-corrected chi connectivity index (χ3v) is 3.62. The molecule has 0 bridgehead atoms. The van der Waals surface area contributed by atoms with E-state index < -0.39 is 0 Å². The van der Waals surface area contributed by atoms with Gasteiger partial charge < -0.3 is 10.6 Å². The van der Waals surface area contributed by atoms with Crippen molar-refractivity contribution in [3.05, 3.63) is 0 Å². The SMILES string of the molecule is CCC1NCC2NCCC12C. The molecule has 2 nitrogen and oxygen atoms in total. The van der Waals surface area contributed by atoms with Crippen LogP contribution >= 0.6 is 0 Å². The number of hydrogen-bond acceptors (Lipinski definition) is 2. The van der Waals surface area contributed by atoms with Crippen LogP contribution in [0, 0.1) is 5.41 Å². The fourth-order valence-electron chi connectivity index (χ4n) is 2.75. The largest absolute Gasteiger partial charge is 0.312 e. The van der Waals surface area contributed by atoms with Gasteiger partial charge in [0.05, 0.1) is 0 Å². The lowest BCUT2D eigenvalue weighted by Crippen LogP contribution is -2.37. The highest BCUT2D eigenvalue weighted by Gasteiger charge is 2.48. The summed E-state index contributed by atoms with van der Waals surface area (Å²) < 4.78 is 0. The fraction of sp³-hybridized carbons (Fsp3) is 1.00. The Kier molecular flexibility index (Phi) is 1.69. The molecule has 0 saturated carbocycles. The molecule has 0 radical (unpaired) electrons. The molecule has 0 aromatic heterocycles. The highest BCUT2D eigenvalue weighted by Crippen LogP contribution is 2.39. The van der Waals surface area contributed by atoms with E-state index in [0.717, 1.165) is 12.1 Å². The molecule has 3 unspecified atom stereocenters. The molecule has 0 aromatic carbocycles. The van der Waals surface area contributed by atoms with Gasteiger partial charge in [0.25, 0.3) is 0 Å². The van der Waals surface area contributed by atoms with Crippen molar-refractivity contribution in [3.8, 4) is 0 Å². The van der Waals surface area contributed by atoms with Crippen LogP contribution in [0.15, 0.2) is 0 Å². The number of hydrogen-bond donors (Lipinski definition) is 2. The van der Waals surface area contributed by atoms with E-state index in [9.17, 15) is 0 Å². The number of rotatable bonds is 1. The summed E-state index contributed by atoms with van der Waals surface area (Å²) in [5.74, 6) is 0. The van der Waals surface area contributed by atoms with E-state index in [-0.39, 0.29) is 0 Å². The molecule has 2 N–H and O–H groups in total. The van der Waals surface area contributed by atoms with Gasteiger partial charge >= 0.3 is 0 Å². The second-order valence-electron chi connectivity index (χ2n) is 4.13. The van der Waals surface area contributed by atoms with Gasteiger partial charge in [-0.1, -0.05) is 13.8 Å². The first-order valence-corrected chi connectivity index (χ1v) is 4.74. The Morgan fingerprint density at radius 3 is 3.00 bits per heavy atom. The molecule has 2 fully saturated rings. The average Bonchev–Trinajstić information content (AvgIpc) is 2.44. The Labute approximate surface area is 68.7 Å². The summed E-state index contributed by atoms with van der Waals surface area (Å²) in [7, 11) is 0. The van der Waals surface area contributed by atoms with Gasteiger partial charge in [-0.15, -0.1) is 0 Å². The van der Waals surface area contributed by atoms with Crippen LogP contribution in [0.1, 0.15) is 26.7 Å². The van der Waals surface area contributed by atoms with E-state index in [2.05, 4.69) is 24.5 Å². The van der Waals surface area contributed by atoms with Crippen LogP contribution in [0.4, 0.5) is 0 Å². The van der Waals surface area contributed by atoms with Gasteiger partial charge in [0.1, 0.15) is 0 Å². The molecule has 2 saturated heterocycles. The highest BCUT2D eigenvalue weighted by atomic mass is 15.1.